The third-order valence-electron chi connectivity index (χ3n) is 4.15. The zero-order valence-corrected chi connectivity index (χ0v) is 16.2. The molecule has 0 N–H and O–H groups in total. The Morgan fingerprint density at radius 2 is 1.59 bits per heavy atom. The number of esters is 1. The fourth-order valence-electron chi connectivity index (χ4n) is 2.65. The quantitative estimate of drug-likeness (QED) is 0.427. The second-order valence-electron chi connectivity index (χ2n) is 5.90. The Labute approximate surface area is 167 Å². The zero-order valence-electron chi connectivity index (χ0n) is 16.2. The van der Waals surface area contributed by atoms with Crippen molar-refractivity contribution in [1.29, 1.82) is 0 Å². The normalized spacial score (nSPS) is 10.3. The summed E-state index contributed by atoms with van der Waals surface area (Å²) in [7, 11) is 4.41. The minimum atomic E-state index is -0.759. The number of Topliss-reactive ketones (excluding diaryl/α,β-unsaturated/α-hetero) is 1. The summed E-state index contributed by atoms with van der Waals surface area (Å²) >= 11 is 0. The summed E-state index contributed by atoms with van der Waals surface area (Å²) in [5.41, 5.74) is 1.07. The van der Waals surface area contributed by atoms with E-state index in [-0.39, 0.29) is 17.2 Å². The molecule has 3 aromatic rings. The number of nitrogens with zero attached hydrogens (tertiary/aromatic N) is 2. The van der Waals surface area contributed by atoms with Gasteiger partial charge in [-0.15, -0.1) is 0 Å². The van der Waals surface area contributed by atoms with E-state index < -0.39 is 12.6 Å². The van der Waals surface area contributed by atoms with Crippen LogP contribution < -0.4 is 14.2 Å². The van der Waals surface area contributed by atoms with E-state index in [9.17, 15) is 9.59 Å². The molecule has 150 valence electrons. The molecule has 3 rings (SSSR count). The van der Waals surface area contributed by atoms with Crippen molar-refractivity contribution >= 4 is 11.8 Å². The van der Waals surface area contributed by atoms with Gasteiger partial charge < -0.3 is 18.9 Å². The van der Waals surface area contributed by atoms with Crippen LogP contribution in [0.5, 0.6) is 17.2 Å². The molecule has 0 spiro atoms. The fraction of sp³-hybridized carbons (Fsp3) is 0.190. The van der Waals surface area contributed by atoms with Crippen LogP contribution >= 0.6 is 0 Å². The predicted molar refractivity (Wildman–Crippen MR) is 104 cm³/mol. The maximum absolute atomic E-state index is 12.5. The lowest BCUT2D eigenvalue weighted by Gasteiger charge is -2.09. The monoisotopic (exact) mass is 396 g/mol. The highest BCUT2D eigenvalue weighted by Gasteiger charge is 2.21. The van der Waals surface area contributed by atoms with Crippen molar-refractivity contribution < 1.29 is 28.5 Å². The Morgan fingerprint density at radius 3 is 2.24 bits per heavy atom. The number of methoxy groups -OCH3 is 3. The minimum Gasteiger partial charge on any atom is -0.493 e. The number of hydrogen-bond acceptors (Lipinski definition) is 7. The van der Waals surface area contributed by atoms with Crippen LogP contribution in [0.15, 0.2) is 54.7 Å². The molecule has 0 unspecified atom stereocenters. The smallest absolute Gasteiger partial charge is 0.363 e. The van der Waals surface area contributed by atoms with Crippen LogP contribution in [-0.4, -0.2) is 49.5 Å². The van der Waals surface area contributed by atoms with Gasteiger partial charge in [0.2, 0.25) is 5.69 Å². The number of carbonyl (C=O) groups excluding carboxylic acids is 2. The predicted octanol–water partition coefficient (Wildman–Crippen LogP) is 2.94. The second-order valence-corrected chi connectivity index (χ2v) is 5.90. The molecule has 0 aliphatic carbocycles. The van der Waals surface area contributed by atoms with E-state index >= 15 is 0 Å². The van der Waals surface area contributed by atoms with E-state index in [1.807, 2.05) is 30.3 Å². The Balaban J connectivity index is 1.72. The van der Waals surface area contributed by atoms with Crippen LogP contribution in [0.25, 0.3) is 5.69 Å². The van der Waals surface area contributed by atoms with Crippen LogP contribution in [0.4, 0.5) is 0 Å². The van der Waals surface area contributed by atoms with Crippen LogP contribution in [0.1, 0.15) is 20.8 Å². The van der Waals surface area contributed by atoms with Crippen LogP contribution in [0, 0.1) is 0 Å². The molecule has 8 nitrogen and oxygen atoms in total. The van der Waals surface area contributed by atoms with Gasteiger partial charge in [-0.1, -0.05) is 18.2 Å². The molecule has 0 saturated carbocycles. The first-order valence-corrected chi connectivity index (χ1v) is 8.68. The molecule has 2 aromatic carbocycles. The lowest BCUT2D eigenvalue weighted by Crippen LogP contribution is -2.15. The number of carbonyl (C=O) groups is 2. The Hall–Kier alpha value is -3.81. The maximum Gasteiger partial charge on any atom is 0.363 e. The Kier molecular flexibility index (Phi) is 6.13. The highest BCUT2D eigenvalue weighted by Crippen LogP contribution is 2.28. The molecule has 0 fully saturated rings. The van der Waals surface area contributed by atoms with Gasteiger partial charge in [0.1, 0.15) is 0 Å². The number of benzene rings is 2. The summed E-state index contributed by atoms with van der Waals surface area (Å²) in [5.74, 6) is 0.00808. The van der Waals surface area contributed by atoms with Gasteiger partial charge in [-0.2, -0.15) is 5.10 Å². The van der Waals surface area contributed by atoms with E-state index in [0.29, 0.717) is 17.1 Å². The maximum atomic E-state index is 12.5. The van der Waals surface area contributed by atoms with E-state index in [4.69, 9.17) is 18.9 Å². The van der Waals surface area contributed by atoms with E-state index in [1.54, 1.807) is 18.3 Å². The van der Waals surface area contributed by atoms with Crippen molar-refractivity contribution in [2.45, 2.75) is 0 Å². The number of ketones is 1. The first-order valence-electron chi connectivity index (χ1n) is 8.68. The largest absolute Gasteiger partial charge is 0.493 e. The molecule has 1 heterocycles. The molecule has 0 aliphatic heterocycles. The summed E-state index contributed by atoms with van der Waals surface area (Å²) in [4.78, 5) is 24.9. The van der Waals surface area contributed by atoms with E-state index in [2.05, 4.69) is 5.10 Å². The molecule has 1 aromatic heterocycles. The highest BCUT2D eigenvalue weighted by molar-refractivity contribution is 6.00. The van der Waals surface area contributed by atoms with Crippen molar-refractivity contribution in [2.24, 2.45) is 0 Å². The topological polar surface area (TPSA) is 88.9 Å². The molecule has 0 aliphatic rings. The first-order chi connectivity index (χ1) is 14.1. The Bertz CT molecular complexity index is 1010. The van der Waals surface area contributed by atoms with Gasteiger partial charge in [-0.3, -0.25) is 4.79 Å². The number of ether oxygens (including phenoxy) is 4. The molecule has 0 saturated heterocycles. The minimum absolute atomic E-state index is 0.0172. The summed E-state index contributed by atoms with van der Waals surface area (Å²) in [6.45, 7) is -0.449. The SMILES string of the molecule is COc1ccc(C(=O)COC(=O)c2nn(-c3ccccc3)cc2OC)cc1OC. The van der Waals surface area contributed by atoms with Crippen molar-refractivity contribution in [3.05, 3.63) is 66.0 Å². The summed E-state index contributed by atoms with van der Waals surface area (Å²) in [5, 5.41) is 4.22. The lowest BCUT2D eigenvalue weighted by molar-refractivity contribution is 0.0465. The summed E-state index contributed by atoms with van der Waals surface area (Å²) < 4.78 is 22.2. The lowest BCUT2D eigenvalue weighted by atomic mass is 10.1. The van der Waals surface area contributed by atoms with Crippen molar-refractivity contribution in [1.82, 2.24) is 9.78 Å². The van der Waals surface area contributed by atoms with Crippen LogP contribution in [-0.2, 0) is 4.74 Å². The molecular weight excluding hydrogens is 376 g/mol. The van der Waals surface area contributed by atoms with Gasteiger partial charge in [0, 0.05) is 5.56 Å². The molecule has 0 amide bonds. The summed E-state index contributed by atoms with van der Waals surface area (Å²) in [6.07, 6.45) is 1.57. The Morgan fingerprint density at radius 1 is 0.897 bits per heavy atom. The number of aromatic nitrogens is 2. The third-order valence-corrected chi connectivity index (χ3v) is 4.15. The van der Waals surface area contributed by atoms with E-state index in [0.717, 1.165) is 5.69 Å². The molecule has 8 heteroatoms. The van der Waals surface area contributed by atoms with Gasteiger partial charge in [-0.05, 0) is 30.3 Å². The second kappa shape index (κ2) is 8.92. The molecule has 0 bridgehead atoms. The van der Waals surface area contributed by atoms with Gasteiger partial charge in [0.25, 0.3) is 0 Å². The van der Waals surface area contributed by atoms with Crippen molar-refractivity contribution in [2.75, 3.05) is 27.9 Å². The number of rotatable bonds is 8. The third kappa shape index (κ3) is 4.37. The highest BCUT2D eigenvalue weighted by atomic mass is 16.5. The van der Waals surface area contributed by atoms with Gasteiger partial charge >= 0.3 is 5.97 Å². The van der Waals surface area contributed by atoms with Crippen molar-refractivity contribution in [3.8, 4) is 22.9 Å². The van der Waals surface area contributed by atoms with E-state index in [1.165, 1.54) is 32.1 Å². The van der Waals surface area contributed by atoms with Crippen LogP contribution in [0.3, 0.4) is 0 Å². The molecular formula is C21H20N2O6. The number of hydrogen-bond donors (Lipinski definition) is 0. The first kappa shape index (κ1) is 19.9. The van der Waals surface area contributed by atoms with Gasteiger partial charge in [0.15, 0.2) is 29.6 Å². The fourth-order valence-corrected chi connectivity index (χ4v) is 2.65. The standard InChI is InChI=1S/C21H20N2O6/c1-26-17-10-9-14(11-18(17)27-2)16(24)13-29-21(25)20-19(28-3)12-23(22-20)15-7-5-4-6-8-15/h4-12H,13H2,1-3H3. The van der Waals surface area contributed by atoms with Crippen molar-refractivity contribution in [3.63, 3.8) is 0 Å². The molecule has 0 radical (unpaired) electrons. The zero-order chi connectivity index (χ0) is 20.8. The molecule has 29 heavy (non-hydrogen) atoms. The van der Waals surface area contributed by atoms with Gasteiger partial charge in [-0.25, -0.2) is 9.48 Å². The average molecular weight is 396 g/mol. The average Bonchev–Trinajstić information content (AvgIpc) is 3.22. The number of para-hydroxylation sites is 1. The summed E-state index contributed by atoms with van der Waals surface area (Å²) in [6, 6.07) is 14.0. The van der Waals surface area contributed by atoms with Crippen LogP contribution in [0.2, 0.25) is 0 Å². The molecule has 0 atom stereocenters. The van der Waals surface area contributed by atoms with Gasteiger partial charge in [0.05, 0.1) is 33.2 Å².